The van der Waals surface area contributed by atoms with Crippen LogP contribution in [0.2, 0.25) is 0 Å². The van der Waals surface area contributed by atoms with Gasteiger partial charge in [0.1, 0.15) is 0 Å². The summed E-state index contributed by atoms with van der Waals surface area (Å²) in [5.41, 5.74) is 2.64. The van der Waals surface area contributed by atoms with Crippen molar-refractivity contribution in [1.29, 1.82) is 0 Å². The highest BCUT2D eigenvalue weighted by Crippen LogP contribution is 2.14. The molecule has 9 heavy (non-hydrogen) atoms. The minimum Gasteiger partial charge on any atom is -0.286 e. The van der Waals surface area contributed by atoms with Crippen molar-refractivity contribution in [3.8, 4) is 0 Å². The van der Waals surface area contributed by atoms with Gasteiger partial charge in [0.15, 0.2) is 0 Å². The molecule has 1 heterocycles. The van der Waals surface area contributed by atoms with E-state index in [4.69, 9.17) is 0 Å². The molecule has 1 nitrogen and oxygen atoms in total. The number of hydrogen-bond donors (Lipinski definition) is 0. The molecular formula is C8H13N. The van der Waals surface area contributed by atoms with E-state index >= 15 is 0 Å². The van der Waals surface area contributed by atoms with Crippen LogP contribution < -0.4 is 0 Å². The lowest BCUT2D eigenvalue weighted by atomic mass is 10.0. The van der Waals surface area contributed by atoms with Gasteiger partial charge in [0.05, 0.1) is 6.54 Å². The smallest absolute Gasteiger partial charge is 0.0608 e. The molecule has 0 spiro atoms. The van der Waals surface area contributed by atoms with Crippen molar-refractivity contribution in [2.45, 2.75) is 20.8 Å². The average Bonchev–Trinajstić information content (AvgIpc) is 2.14. The van der Waals surface area contributed by atoms with Crippen LogP contribution in [-0.2, 0) is 0 Å². The second-order valence-electron chi connectivity index (χ2n) is 2.83. The topological polar surface area (TPSA) is 12.4 Å². The van der Waals surface area contributed by atoms with Gasteiger partial charge in [0, 0.05) is 5.71 Å². The maximum Gasteiger partial charge on any atom is 0.0608 e. The maximum absolute atomic E-state index is 4.26. The van der Waals surface area contributed by atoms with Gasteiger partial charge in [-0.25, -0.2) is 0 Å². The molecular weight excluding hydrogens is 110 g/mol. The largest absolute Gasteiger partial charge is 0.286 e. The average molecular weight is 123 g/mol. The van der Waals surface area contributed by atoms with Crippen molar-refractivity contribution in [2.24, 2.45) is 10.9 Å². The Kier molecular flexibility index (Phi) is 1.70. The van der Waals surface area contributed by atoms with Crippen LogP contribution in [0.1, 0.15) is 20.8 Å². The molecule has 0 bridgehead atoms. The van der Waals surface area contributed by atoms with Crippen LogP contribution in [0.4, 0.5) is 0 Å². The number of rotatable bonds is 1. The Morgan fingerprint density at radius 2 is 2.22 bits per heavy atom. The summed E-state index contributed by atoms with van der Waals surface area (Å²) >= 11 is 0. The molecule has 0 aromatic carbocycles. The van der Waals surface area contributed by atoms with Crippen LogP contribution in [-0.4, -0.2) is 12.3 Å². The van der Waals surface area contributed by atoms with Crippen molar-refractivity contribution in [2.75, 3.05) is 6.54 Å². The van der Waals surface area contributed by atoms with Crippen molar-refractivity contribution >= 4 is 5.71 Å². The summed E-state index contributed by atoms with van der Waals surface area (Å²) in [6.07, 6.45) is 2.19. The molecule has 0 amide bonds. The molecule has 0 aromatic rings. The Morgan fingerprint density at radius 1 is 1.56 bits per heavy atom. The third-order valence-electron chi connectivity index (χ3n) is 1.65. The van der Waals surface area contributed by atoms with E-state index in [0.29, 0.717) is 5.92 Å². The fraction of sp³-hybridized carbons (Fsp3) is 0.625. The van der Waals surface area contributed by atoms with Gasteiger partial charge in [-0.3, -0.25) is 4.99 Å². The van der Waals surface area contributed by atoms with E-state index in [0.717, 1.165) is 6.54 Å². The van der Waals surface area contributed by atoms with Crippen molar-refractivity contribution < 1.29 is 0 Å². The van der Waals surface area contributed by atoms with Gasteiger partial charge in [-0.2, -0.15) is 0 Å². The number of aliphatic imine (C=N–C) groups is 1. The lowest BCUT2D eigenvalue weighted by Gasteiger charge is -2.01. The Labute approximate surface area is 56.5 Å². The quantitative estimate of drug-likeness (QED) is 0.506. The van der Waals surface area contributed by atoms with E-state index in [-0.39, 0.29) is 0 Å². The Morgan fingerprint density at radius 3 is 2.44 bits per heavy atom. The first-order valence-corrected chi connectivity index (χ1v) is 3.41. The van der Waals surface area contributed by atoms with E-state index < -0.39 is 0 Å². The number of nitrogens with zero attached hydrogens (tertiary/aromatic N) is 1. The predicted octanol–water partition coefficient (Wildman–Crippen LogP) is 2.04. The standard InChI is InChI=1S/C8H13N/c1-6(2)8-4-7(3)9-5-8/h4,6H,5H2,1-3H3. The van der Waals surface area contributed by atoms with Gasteiger partial charge in [0.25, 0.3) is 0 Å². The van der Waals surface area contributed by atoms with Crippen LogP contribution in [0.3, 0.4) is 0 Å². The first kappa shape index (κ1) is 6.53. The minimum absolute atomic E-state index is 0.672. The zero-order valence-electron chi connectivity index (χ0n) is 6.31. The van der Waals surface area contributed by atoms with Gasteiger partial charge < -0.3 is 0 Å². The zero-order valence-corrected chi connectivity index (χ0v) is 6.31. The van der Waals surface area contributed by atoms with E-state index in [1.165, 1.54) is 11.3 Å². The third kappa shape index (κ3) is 1.41. The molecule has 0 atom stereocenters. The predicted molar refractivity (Wildman–Crippen MR) is 40.9 cm³/mol. The Hall–Kier alpha value is -0.590. The van der Waals surface area contributed by atoms with Crippen molar-refractivity contribution in [3.63, 3.8) is 0 Å². The normalized spacial score (nSPS) is 18.2. The molecule has 0 N–H and O–H groups in total. The van der Waals surface area contributed by atoms with E-state index in [2.05, 4.69) is 31.8 Å². The Bertz CT molecular complexity index is 163. The van der Waals surface area contributed by atoms with Crippen molar-refractivity contribution in [3.05, 3.63) is 11.6 Å². The van der Waals surface area contributed by atoms with Gasteiger partial charge >= 0.3 is 0 Å². The van der Waals surface area contributed by atoms with Gasteiger partial charge in [-0.15, -0.1) is 0 Å². The van der Waals surface area contributed by atoms with E-state index in [1.807, 2.05) is 0 Å². The second kappa shape index (κ2) is 2.34. The molecule has 0 aliphatic carbocycles. The maximum atomic E-state index is 4.26. The minimum atomic E-state index is 0.672. The zero-order chi connectivity index (χ0) is 6.85. The molecule has 0 saturated heterocycles. The summed E-state index contributed by atoms with van der Waals surface area (Å²) in [5.74, 6) is 0.672. The summed E-state index contributed by atoms with van der Waals surface area (Å²) < 4.78 is 0. The van der Waals surface area contributed by atoms with E-state index in [9.17, 15) is 0 Å². The molecule has 0 unspecified atom stereocenters. The van der Waals surface area contributed by atoms with Gasteiger partial charge in [-0.05, 0) is 24.5 Å². The van der Waals surface area contributed by atoms with Crippen LogP contribution in [0, 0.1) is 5.92 Å². The third-order valence-corrected chi connectivity index (χ3v) is 1.65. The fourth-order valence-electron chi connectivity index (χ4n) is 0.925. The summed E-state index contributed by atoms with van der Waals surface area (Å²) in [6.45, 7) is 7.40. The molecule has 1 aliphatic heterocycles. The molecule has 50 valence electrons. The lowest BCUT2D eigenvalue weighted by Crippen LogP contribution is -1.93. The molecule has 0 aromatic heterocycles. The van der Waals surface area contributed by atoms with Crippen LogP contribution in [0.25, 0.3) is 0 Å². The monoisotopic (exact) mass is 123 g/mol. The second-order valence-corrected chi connectivity index (χ2v) is 2.83. The van der Waals surface area contributed by atoms with E-state index in [1.54, 1.807) is 0 Å². The molecule has 0 radical (unpaired) electrons. The molecule has 1 rings (SSSR count). The molecule has 0 saturated carbocycles. The van der Waals surface area contributed by atoms with Crippen LogP contribution in [0.15, 0.2) is 16.6 Å². The SMILES string of the molecule is CC1=NCC(C(C)C)=C1. The summed E-state index contributed by atoms with van der Waals surface area (Å²) in [5, 5.41) is 0. The highest BCUT2D eigenvalue weighted by atomic mass is 14.7. The summed E-state index contributed by atoms with van der Waals surface area (Å²) in [4.78, 5) is 4.26. The summed E-state index contributed by atoms with van der Waals surface area (Å²) in [7, 11) is 0. The first-order valence-electron chi connectivity index (χ1n) is 3.41. The highest BCUT2D eigenvalue weighted by Gasteiger charge is 2.06. The first-order chi connectivity index (χ1) is 4.20. The lowest BCUT2D eigenvalue weighted by molar-refractivity contribution is 0.754. The van der Waals surface area contributed by atoms with Crippen LogP contribution in [0.5, 0.6) is 0 Å². The number of hydrogen-bond acceptors (Lipinski definition) is 1. The van der Waals surface area contributed by atoms with Gasteiger partial charge in [-0.1, -0.05) is 13.8 Å². The van der Waals surface area contributed by atoms with Crippen molar-refractivity contribution in [1.82, 2.24) is 0 Å². The highest BCUT2D eigenvalue weighted by molar-refractivity contribution is 5.95. The van der Waals surface area contributed by atoms with Gasteiger partial charge in [0.2, 0.25) is 0 Å². The number of allylic oxidation sites excluding steroid dienone is 1. The molecule has 1 heteroatoms. The molecule has 1 aliphatic rings. The fourth-order valence-corrected chi connectivity index (χ4v) is 0.925. The molecule has 0 fully saturated rings. The van der Waals surface area contributed by atoms with Crippen LogP contribution >= 0.6 is 0 Å². The Balaban J connectivity index is 2.60. The summed E-state index contributed by atoms with van der Waals surface area (Å²) in [6, 6.07) is 0.